The number of aromatic carboxylic acids is 1. The summed E-state index contributed by atoms with van der Waals surface area (Å²) >= 11 is 3.40. The molecule has 1 N–H and O–H groups in total. The van der Waals surface area contributed by atoms with Gasteiger partial charge in [0.15, 0.2) is 0 Å². The van der Waals surface area contributed by atoms with Crippen molar-refractivity contribution in [2.45, 2.75) is 25.2 Å². The van der Waals surface area contributed by atoms with E-state index in [1.807, 2.05) is 12.1 Å². The molecule has 1 aliphatic carbocycles. The van der Waals surface area contributed by atoms with Gasteiger partial charge in [0.2, 0.25) is 0 Å². The van der Waals surface area contributed by atoms with Gasteiger partial charge >= 0.3 is 5.97 Å². The molecule has 0 spiro atoms. The maximum atomic E-state index is 11.4. The number of pyridine rings is 1. The van der Waals surface area contributed by atoms with Crippen molar-refractivity contribution in [1.29, 1.82) is 0 Å². The average Bonchev–Trinajstić information content (AvgIpc) is 3.06. The minimum Gasteiger partial charge on any atom is -0.478 e. The number of benzene rings is 1. The van der Waals surface area contributed by atoms with Gasteiger partial charge in [-0.2, -0.15) is 0 Å². The van der Waals surface area contributed by atoms with Crippen LogP contribution in [0.25, 0.3) is 10.9 Å². The molecular formula is C14H12BrNO2. The van der Waals surface area contributed by atoms with Crippen molar-refractivity contribution in [1.82, 2.24) is 4.98 Å². The molecule has 1 heterocycles. The highest BCUT2D eigenvalue weighted by Gasteiger charge is 2.41. The van der Waals surface area contributed by atoms with Gasteiger partial charge in [-0.05, 0) is 31.0 Å². The molecule has 2 aromatic rings. The Balaban J connectivity index is 2.32. The smallest absolute Gasteiger partial charge is 0.336 e. The standard InChI is InChI=1S/C14H12BrNO2/c1-14(4-5-14)12-7-10(13(17)18)9-3-2-8(15)6-11(9)16-12/h2-3,6-7H,4-5H2,1H3,(H,17,18). The first-order chi connectivity index (χ1) is 8.49. The van der Waals surface area contributed by atoms with Gasteiger partial charge in [-0.3, -0.25) is 4.98 Å². The Bertz CT molecular complexity index is 662. The van der Waals surface area contributed by atoms with E-state index in [-0.39, 0.29) is 5.41 Å². The van der Waals surface area contributed by atoms with Gasteiger partial charge in [0, 0.05) is 21.0 Å². The fraction of sp³-hybridized carbons (Fsp3) is 0.286. The Kier molecular flexibility index (Phi) is 2.45. The predicted molar refractivity (Wildman–Crippen MR) is 73.0 cm³/mol. The third kappa shape index (κ3) is 1.81. The molecule has 1 saturated carbocycles. The molecule has 3 rings (SSSR count). The fourth-order valence-corrected chi connectivity index (χ4v) is 2.48. The zero-order valence-electron chi connectivity index (χ0n) is 9.90. The molecule has 0 saturated heterocycles. The number of aromatic nitrogens is 1. The zero-order valence-corrected chi connectivity index (χ0v) is 11.5. The van der Waals surface area contributed by atoms with Crippen LogP contribution in [0.3, 0.4) is 0 Å². The maximum absolute atomic E-state index is 11.4. The highest BCUT2D eigenvalue weighted by molar-refractivity contribution is 9.10. The molecule has 18 heavy (non-hydrogen) atoms. The summed E-state index contributed by atoms with van der Waals surface area (Å²) in [4.78, 5) is 16.0. The quantitative estimate of drug-likeness (QED) is 0.919. The first kappa shape index (κ1) is 11.7. The number of nitrogens with zero attached hydrogens (tertiary/aromatic N) is 1. The Morgan fingerprint density at radius 3 is 2.72 bits per heavy atom. The number of rotatable bonds is 2. The summed E-state index contributed by atoms with van der Waals surface area (Å²) in [5.41, 5.74) is 2.05. The first-order valence-corrected chi connectivity index (χ1v) is 6.63. The van der Waals surface area contributed by atoms with Crippen molar-refractivity contribution >= 4 is 32.8 Å². The van der Waals surface area contributed by atoms with Crippen LogP contribution in [0.1, 0.15) is 35.8 Å². The van der Waals surface area contributed by atoms with E-state index >= 15 is 0 Å². The molecule has 4 heteroatoms. The first-order valence-electron chi connectivity index (χ1n) is 5.84. The van der Waals surface area contributed by atoms with Gasteiger partial charge in [-0.15, -0.1) is 0 Å². The third-order valence-electron chi connectivity index (χ3n) is 3.62. The van der Waals surface area contributed by atoms with Crippen LogP contribution >= 0.6 is 15.9 Å². The average molecular weight is 306 g/mol. The van der Waals surface area contributed by atoms with Gasteiger partial charge < -0.3 is 5.11 Å². The Hall–Kier alpha value is -1.42. The zero-order chi connectivity index (χ0) is 12.9. The van der Waals surface area contributed by atoms with E-state index in [2.05, 4.69) is 27.8 Å². The lowest BCUT2D eigenvalue weighted by Gasteiger charge is -2.11. The molecule has 1 fully saturated rings. The fourth-order valence-electron chi connectivity index (χ4n) is 2.13. The van der Waals surface area contributed by atoms with E-state index in [0.717, 1.165) is 28.5 Å². The highest BCUT2D eigenvalue weighted by Crippen LogP contribution is 2.47. The summed E-state index contributed by atoms with van der Waals surface area (Å²) in [6, 6.07) is 7.24. The lowest BCUT2D eigenvalue weighted by atomic mass is 10.00. The second-order valence-corrected chi connectivity index (χ2v) is 6.00. The molecule has 0 atom stereocenters. The normalized spacial score (nSPS) is 16.8. The maximum Gasteiger partial charge on any atom is 0.336 e. The lowest BCUT2D eigenvalue weighted by Crippen LogP contribution is -2.08. The van der Waals surface area contributed by atoms with Gasteiger partial charge in [0.25, 0.3) is 0 Å². The number of hydrogen-bond donors (Lipinski definition) is 1. The largest absolute Gasteiger partial charge is 0.478 e. The molecule has 3 nitrogen and oxygen atoms in total. The minimum atomic E-state index is -0.893. The molecule has 92 valence electrons. The van der Waals surface area contributed by atoms with E-state index in [0.29, 0.717) is 10.9 Å². The molecule has 0 aliphatic heterocycles. The summed E-state index contributed by atoms with van der Waals surface area (Å²) in [6.45, 7) is 2.13. The number of carbonyl (C=O) groups is 1. The Morgan fingerprint density at radius 2 is 2.11 bits per heavy atom. The summed E-state index contributed by atoms with van der Waals surface area (Å²) in [5, 5.41) is 10.0. The molecule has 1 aromatic carbocycles. The van der Waals surface area contributed by atoms with Crippen molar-refractivity contribution in [3.63, 3.8) is 0 Å². The molecule has 0 radical (unpaired) electrons. The third-order valence-corrected chi connectivity index (χ3v) is 4.11. The molecule has 0 unspecified atom stereocenters. The molecule has 0 amide bonds. The minimum absolute atomic E-state index is 0.0701. The monoisotopic (exact) mass is 305 g/mol. The summed E-state index contributed by atoms with van der Waals surface area (Å²) in [7, 11) is 0. The van der Waals surface area contributed by atoms with Gasteiger partial charge in [-0.1, -0.05) is 28.9 Å². The topological polar surface area (TPSA) is 50.2 Å². The lowest BCUT2D eigenvalue weighted by molar-refractivity contribution is 0.0699. The molecule has 1 aromatic heterocycles. The van der Waals surface area contributed by atoms with E-state index in [1.54, 1.807) is 12.1 Å². The van der Waals surface area contributed by atoms with Crippen molar-refractivity contribution in [2.24, 2.45) is 0 Å². The van der Waals surface area contributed by atoms with E-state index in [1.165, 1.54) is 0 Å². The number of halogens is 1. The van der Waals surface area contributed by atoms with Crippen LogP contribution in [0.4, 0.5) is 0 Å². The summed E-state index contributed by atoms with van der Waals surface area (Å²) < 4.78 is 0.914. The van der Waals surface area contributed by atoms with Crippen molar-refractivity contribution < 1.29 is 9.90 Å². The number of carboxylic acid groups (broad SMARTS) is 1. The highest BCUT2D eigenvalue weighted by atomic mass is 79.9. The number of carboxylic acids is 1. The second kappa shape index (κ2) is 3.79. The van der Waals surface area contributed by atoms with Crippen LogP contribution in [0, 0.1) is 0 Å². The predicted octanol–water partition coefficient (Wildman–Crippen LogP) is 3.75. The van der Waals surface area contributed by atoms with E-state index < -0.39 is 5.97 Å². The second-order valence-electron chi connectivity index (χ2n) is 5.08. The van der Waals surface area contributed by atoms with Crippen LogP contribution in [-0.2, 0) is 5.41 Å². The Labute approximate surface area is 113 Å². The summed E-state index contributed by atoms with van der Waals surface area (Å²) in [6.07, 6.45) is 2.16. The van der Waals surface area contributed by atoms with Crippen LogP contribution in [-0.4, -0.2) is 16.1 Å². The summed E-state index contributed by atoms with van der Waals surface area (Å²) in [5.74, 6) is -0.893. The van der Waals surface area contributed by atoms with Crippen molar-refractivity contribution in [3.8, 4) is 0 Å². The Morgan fingerprint density at radius 1 is 1.39 bits per heavy atom. The van der Waals surface area contributed by atoms with E-state index in [9.17, 15) is 9.90 Å². The molecule has 1 aliphatic rings. The van der Waals surface area contributed by atoms with Crippen LogP contribution in [0.2, 0.25) is 0 Å². The van der Waals surface area contributed by atoms with Crippen molar-refractivity contribution in [3.05, 3.63) is 40.0 Å². The van der Waals surface area contributed by atoms with Crippen molar-refractivity contribution in [2.75, 3.05) is 0 Å². The number of fused-ring (bicyclic) bond motifs is 1. The number of hydrogen-bond acceptors (Lipinski definition) is 2. The SMILES string of the molecule is CC1(c2cc(C(=O)O)c3ccc(Br)cc3n2)CC1. The van der Waals surface area contributed by atoms with E-state index in [4.69, 9.17) is 0 Å². The van der Waals surface area contributed by atoms with Crippen LogP contribution in [0.5, 0.6) is 0 Å². The van der Waals surface area contributed by atoms with Crippen LogP contribution < -0.4 is 0 Å². The van der Waals surface area contributed by atoms with Crippen LogP contribution in [0.15, 0.2) is 28.7 Å². The molecular weight excluding hydrogens is 294 g/mol. The van der Waals surface area contributed by atoms with Gasteiger partial charge in [0.05, 0.1) is 11.1 Å². The van der Waals surface area contributed by atoms with Gasteiger partial charge in [0.1, 0.15) is 0 Å². The van der Waals surface area contributed by atoms with Gasteiger partial charge in [-0.25, -0.2) is 4.79 Å². The molecule has 0 bridgehead atoms.